The zero-order chi connectivity index (χ0) is 12.2. The van der Waals surface area contributed by atoms with E-state index in [0.717, 1.165) is 31.0 Å². The first-order valence-corrected chi connectivity index (χ1v) is 5.95. The molecule has 0 amide bonds. The van der Waals surface area contributed by atoms with Crippen molar-refractivity contribution in [2.24, 2.45) is 17.1 Å². The molecule has 0 radical (unpaired) electrons. The summed E-state index contributed by atoms with van der Waals surface area (Å²) < 4.78 is 5.23. The molecular weight excluding hydrogens is 202 g/mol. The van der Waals surface area contributed by atoms with Crippen LogP contribution >= 0.6 is 0 Å². The molecule has 0 aliphatic carbocycles. The molecule has 0 bridgehead atoms. The van der Waals surface area contributed by atoms with Gasteiger partial charge in [-0.1, -0.05) is 32.9 Å². The van der Waals surface area contributed by atoms with Gasteiger partial charge in [-0.15, -0.1) is 0 Å². The highest BCUT2D eigenvalue weighted by Crippen LogP contribution is 2.27. The molecule has 1 unspecified atom stereocenters. The number of aromatic nitrogens is 2. The third kappa shape index (κ3) is 3.93. The van der Waals surface area contributed by atoms with Gasteiger partial charge in [-0.3, -0.25) is 0 Å². The zero-order valence-corrected chi connectivity index (χ0v) is 10.8. The summed E-state index contributed by atoms with van der Waals surface area (Å²) in [6.45, 7) is 9.56. The van der Waals surface area contributed by atoms with Gasteiger partial charge in [0.1, 0.15) is 0 Å². The monoisotopic (exact) mass is 225 g/mol. The molecule has 0 spiro atoms. The molecule has 0 saturated carbocycles. The number of hydrogen-bond acceptors (Lipinski definition) is 4. The van der Waals surface area contributed by atoms with Gasteiger partial charge >= 0.3 is 0 Å². The summed E-state index contributed by atoms with van der Waals surface area (Å²) >= 11 is 0. The highest BCUT2D eigenvalue weighted by Gasteiger charge is 2.22. The topological polar surface area (TPSA) is 64.9 Å². The molecular formula is C12H23N3O. The number of rotatable bonds is 5. The minimum Gasteiger partial charge on any atom is -0.339 e. The highest BCUT2D eigenvalue weighted by atomic mass is 16.5. The Bertz CT molecular complexity index is 314. The Kier molecular flexibility index (Phi) is 4.47. The predicted octanol–water partition coefficient (Wildman–Crippen LogP) is 2.19. The van der Waals surface area contributed by atoms with E-state index in [2.05, 4.69) is 37.8 Å². The van der Waals surface area contributed by atoms with E-state index in [1.807, 2.05) is 0 Å². The molecule has 1 atom stereocenters. The highest BCUT2D eigenvalue weighted by molar-refractivity contribution is 4.89. The minimum atomic E-state index is 0.270. The van der Waals surface area contributed by atoms with E-state index in [1.54, 1.807) is 0 Å². The van der Waals surface area contributed by atoms with Crippen molar-refractivity contribution in [3.8, 4) is 0 Å². The van der Waals surface area contributed by atoms with Crippen molar-refractivity contribution >= 4 is 0 Å². The van der Waals surface area contributed by atoms with E-state index in [0.29, 0.717) is 12.5 Å². The van der Waals surface area contributed by atoms with Crippen LogP contribution in [0.2, 0.25) is 0 Å². The van der Waals surface area contributed by atoms with Gasteiger partial charge in [0.25, 0.3) is 0 Å². The average Bonchev–Trinajstić information content (AvgIpc) is 2.61. The summed E-state index contributed by atoms with van der Waals surface area (Å²) in [4.78, 5) is 4.37. The summed E-state index contributed by atoms with van der Waals surface area (Å²) in [6.07, 6.45) is 2.57. The number of aryl methyl sites for hydroxylation is 1. The molecule has 4 nitrogen and oxygen atoms in total. The summed E-state index contributed by atoms with van der Waals surface area (Å²) in [7, 11) is 0. The van der Waals surface area contributed by atoms with Gasteiger partial charge in [0.15, 0.2) is 5.82 Å². The largest absolute Gasteiger partial charge is 0.339 e. The number of nitrogens with zero attached hydrogens (tertiary/aromatic N) is 2. The lowest BCUT2D eigenvalue weighted by molar-refractivity contribution is 0.236. The van der Waals surface area contributed by atoms with Crippen LogP contribution in [0.25, 0.3) is 0 Å². The lowest BCUT2D eigenvalue weighted by Gasteiger charge is -2.25. The summed E-state index contributed by atoms with van der Waals surface area (Å²) in [5, 5.41) is 3.95. The molecule has 0 aromatic carbocycles. The summed E-state index contributed by atoms with van der Waals surface area (Å²) in [6, 6.07) is 0. The van der Waals surface area contributed by atoms with Crippen LogP contribution in [0, 0.1) is 11.3 Å². The summed E-state index contributed by atoms with van der Waals surface area (Å²) in [5.41, 5.74) is 5.70. The Labute approximate surface area is 97.6 Å². The molecule has 0 fully saturated rings. The van der Waals surface area contributed by atoms with Gasteiger partial charge in [0.05, 0.1) is 0 Å². The lowest BCUT2D eigenvalue weighted by Crippen LogP contribution is -2.19. The van der Waals surface area contributed by atoms with Crippen LogP contribution in [0.15, 0.2) is 4.52 Å². The molecule has 16 heavy (non-hydrogen) atoms. The van der Waals surface area contributed by atoms with Crippen molar-refractivity contribution in [3.05, 3.63) is 11.7 Å². The quantitative estimate of drug-likeness (QED) is 0.834. The summed E-state index contributed by atoms with van der Waals surface area (Å²) in [5.74, 6) is 2.05. The van der Waals surface area contributed by atoms with Crippen LogP contribution in [0.3, 0.4) is 0 Å². The standard InChI is InChI=1S/C12H23N3O/c1-9(12(2,3)4)8-11-14-10(15-16-11)6-5-7-13/h9H,5-8,13H2,1-4H3. The Balaban J connectivity index is 2.52. The van der Waals surface area contributed by atoms with Gasteiger partial charge in [0, 0.05) is 12.8 Å². The van der Waals surface area contributed by atoms with Gasteiger partial charge < -0.3 is 10.3 Å². The van der Waals surface area contributed by atoms with E-state index >= 15 is 0 Å². The van der Waals surface area contributed by atoms with E-state index in [4.69, 9.17) is 10.3 Å². The van der Waals surface area contributed by atoms with Gasteiger partial charge in [-0.2, -0.15) is 4.98 Å². The first kappa shape index (κ1) is 13.2. The minimum absolute atomic E-state index is 0.270. The third-order valence-corrected chi connectivity index (χ3v) is 3.07. The maximum atomic E-state index is 5.43. The van der Waals surface area contributed by atoms with E-state index in [-0.39, 0.29) is 5.41 Å². The maximum Gasteiger partial charge on any atom is 0.226 e. The van der Waals surface area contributed by atoms with Gasteiger partial charge in [0.2, 0.25) is 5.89 Å². The van der Waals surface area contributed by atoms with Crippen LogP contribution in [0.1, 0.15) is 45.8 Å². The maximum absolute atomic E-state index is 5.43. The lowest BCUT2D eigenvalue weighted by atomic mass is 9.80. The van der Waals surface area contributed by atoms with Crippen LogP contribution in [0.5, 0.6) is 0 Å². The fraction of sp³-hybridized carbons (Fsp3) is 0.833. The van der Waals surface area contributed by atoms with E-state index in [9.17, 15) is 0 Å². The van der Waals surface area contributed by atoms with Crippen molar-refractivity contribution in [1.82, 2.24) is 10.1 Å². The van der Waals surface area contributed by atoms with Gasteiger partial charge in [-0.25, -0.2) is 0 Å². The second kappa shape index (κ2) is 5.43. The zero-order valence-electron chi connectivity index (χ0n) is 10.8. The second-order valence-electron chi connectivity index (χ2n) is 5.47. The van der Waals surface area contributed by atoms with Gasteiger partial charge in [-0.05, 0) is 24.3 Å². The molecule has 1 aromatic heterocycles. The number of hydrogen-bond donors (Lipinski definition) is 1. The fourth-order valence-electron chi connectivity index (χ4n) is 1.30. The molecule has 2 N–H and O–H groups in total. The average molecular weight is 225 g/mol. The normalized spacial score (nSPS) is 14.1. The van der Waals surface area contributed by atoms with Crippen molar-refractivity contribution < 1.29 is 4.52 Å². The Morgan fingerprint density at radius 3 is 2.62 bits per heavy atom. The molecule has 92 valence electrons. The van der Waals surface area contributed by atoms with E-state index < -0.39 is 0 Å². The van der Waals surface area contributed by atoms with Crippen LogP contribution in [0.4, 0.5) is 0 Å². The Hall–Kier alpha value is -0.900. The molecule has 1 aromatic rings. The molecule has 1 rings (SSSR count). The first-order chi connectivity index (χ1) is 7.43. The molecule has 0 aliphatic heterocycles. The Morgan fingerprint density at radius 2 is 2.06 bits per heavy atom. The smallest absolute Gasteiger partial charge is 0.226 e. The molecule has 0 aliphatic rings. The van der Waals surface area contributed by atoms with Crippen molar-refractivity contribution in [2.45, 2.75) is 47.0 Å². The van der Waals surface area contributed by atoms with Crippen LogP contribution < -0.4 is 5.73 Å². The Morgan fingerprint density at radius 1 is 1.38 bits per heavy atom. The van der Waals surface area contributed by atoms with Crippen molar-refractivity contribution in [3.63, 3.8) is 0 Å². The fourth-order valence-corrected chi connectivity index (χ4v) is 1.30. The molecule has 1 heterocycles. The number of nitrogens with two attached hydrogens (primary N) is 1. The van der Waals surface area contributed by atoms with Crippen LogP contribution in [-0.4, -0.2) is 16.7 Å². The SMILES string of the molecule is CC(Cc1nc(CCCN)no1)C(C)(C)C. The van der Waals surface area contributed by atoms with Crippen LogP contribution in [-0.2, 0) is 12.8 Å². The predicted molar refractivity (Wildman–Crippen MR) is 64.0 cm³/mol. The van der Waals surface area contributed by atoms with E-state index in [1.165, 1.54) is 0 Å². The second-order valence-corrected chi connectivity index (χ2v) is 5.47. The molecule has 0 saturated heterocycles. The van der Waals surface area contributed by atoms with Crippen molar-refractivity contribution in [1.29, 1.82) is 0 Å². The first-order valence-electron chi connectivity index (χ1n) is 5.95. The van der Waals surface area contributed by atoms with Crippen molar-refractivity contribution in [2.75, 3.05) is 6.54 Å². The molecule has 4 heteroatoms. The third-order valence-electron chi connectivity index (χ3n) is 3.07.